The summed E-state index contributed by atoms with van der Waals surface area (Å²) < 4.78 is 5.40. The van der Waals surface area contributed by atoms with E-state index in [0.29, 0.717) is 0 Å². The van der Waals surface area contributed by atoms with Gasteiger partial charge in [-0.15, -0.1) is 0 Å². The van der Waals surface area contributed by atoms with Crippen LogP contribution in [0, 0.1) is 0 Å². The Balaban J connectivity index is 1.34. The number of hydrogen-bond donors (Lipinski definition) is 4. The van der Waals surface area contributed by atoms with Crippen molar-refractivity contribution in [1.29, 1.82) is 0 Å². The number of halogens is 1. The molecule has 1 amide bonds. The van der Waals surface area contributed by atoms with Crippen molar-refractivity contribution < 1.29 is 19.7 Å². The summed E-state index contributed by atoms with van der Waals surface area (Å²) in [6.45, 7) is -0.0946. The summed E-state index contributed by atoms with van der Waals surface area (Å²) in [4.78, 5) is 25.9. The summed E-state index contributed by atoms with van der Waals surface area (Å²) >= 11 is 5.74. The molecule has 0 aliphatic heterocycles. The molecular weight excluding hydrogens is 420 g/mol. The number of nitrogens with one attached hydrogen (secondary N) is 2. The van der Waals surface area contributed by atoms with E-state index in [4.69, 9.17) is 16.3 Å². The van der Waals surface area contributed by atoms with E-state index in [2.05, 4.69) is 22.4 Å². The molecule has 1 heterocycles. The van der Waals surface area contributed by atoms with Gasteiger partial charge in [-0.25, -0.2) is 4.79 Å². The molecule has 3 aromatic rings. The lowest BCUT2D eigenvalue weighted by molar-refractivity contribution is 0.0183. The molecule has 0 bridgehead atoms. The molecule has 4 rings (SSSR count). The predicted molar refractivity (Wildman–Crippen MR) is 116 cm³/mol. The molecule has 160 valence electrons. The third-order valence-corrected chi connectivity index (χ3v) is 5.67. The molecule has 1 aromatic heterocycles. The zero-order chi connectivity index (χ0) is 22.0. The first-order chi connectivity index (χ1) is 15.0. The van der Waals surface area contributed by atoms with Gasteiger partial charge in [0.15, 0.2) is 0 Å². The SMILES string of the molecule is O=C(NCC(O)C(O)c1c[nH]c(=O)c(Cl)c1)OCC1c2ccccc2-c2ccccc21. The summed E-state index contributed by atoms with van der Waals surface area (Å²) in [6, 6.07) is 17.3. The molecule has 0 spiro atoms. The Kier molecular flexibility index (Phi) is 6.08. The minimum atomic E-state index is -1.34. The lowest BCUT2D eigenvalue weighted by atomic mass is 9.98. The van der Waals surface area contributed by atoms with E-state index < -0.39 is 23.9 Å². The fourth-order valence-corrected chi connectivity index (χ4v) is 3.99. The van der Waals surface area contributed by atoms with Gasteiger partial charge < -0.3 is 25.3 Å². The molecule has 8 heteroatoms. The number of alkyl carbamates (subject to hydrolysis) is 1. The van der Waals surface area contributed by atoms with Crippen molar-refractivity contribution in [1.82, 2.24) is 10.3 Å². The fourth-order valence-electron chi connectivity index (χ4n) is 3.81. The summed E-state index contributed by atoms with van der Waals surface area (Å²) in [5, 5.41) is 22.7. The van der Waals surface area contributed by atoms with Crippen molar-refractivity contribution in [3.05, 3.63) is 92.9 Å². The number of aliphatic hydroxyl groups excluding tert-OH is 2. The molecule has 0 radical (unpaired) electrons. The summed E-state index contributed by atoms with van der Waals surface area (Å²) in [7, 11) is 0. The first-order valence-electron chi connectivity index (χ1n) is 9.79. The van der Waals surface area contributed by atoms with Gasteiger partial charge in [-0.2, -0.15) is 0 Å². The number of carbonyl (C=O) groups excluding carboxylic acids is 1. The van der Waals surface area contributed by atoms with Crippen molar-refractivity contribution >= 4 is 17.7 Å². The van der Waals surface area contributed by atoms with Crippen LogP contribution in [0.25, 0.3) is 11.1 Å². The van der Waals surface area contributed by atoms with Crippen LogP contribution >= 0.6 is 11.6 Å². The number of amides is 1. The quantitative estimate of drug-likeness (QED) is 0.471. The maximum absolute atomic E-state index is 12.2. The minimum absolute atomic E-state index is 0.0723. The summed E-state index contributed by atoms with van der Waals surface area (Å²) in [5.41, 5.74) is 4.19. The Morgan fingerprint density at radius 2 is 1.71 bits per heavy atom. The zero-order valence-electron chi connectivity index (χ0n) is 16.4. The van der Waals surface area contributed by atoms with E-state index >= 15 is 0 Å². The van der Waals surface area contributed by atoms with Crippen LogP contribution in [0.1, 0.15) is 28.7 Å². The number of ether oxygens (including phenoxy) is 1. The highest BCUT2D eigenvalue weighted by Gasteiger charge is 2.29. The van der Waals surface area contributed by atoms with Gasteiger partial charge >= 0.3 is 6.09 Å². The molecule has 4 N–H and O–H groups in total. The fraction of sp³-hybridized carbons (Fsp3) is 0.217. The first-order valence-corrected chi connectivity index (χ1v) is 10.2. The number of aromatic nitrogens is 1. The van der Waals surface area contributed by atoms with Gasteiger partial charge in [0.1, 0.15) is 23.8 Å². The zero-order valence-corrected chi connectivity index (χ0v) is 17.2. The van der Waals surface area contributed by atoms with E-state index in [1.807, 2.05) is 36.4 Å². The van der Waals surface area contributed by atoms with Crippen LogP contribution in [0.2, 0.25) is 5.02 Å². The van der Waals surface area contributed by atoms with Crippen LogP contribution in [0.15, 0.2) is 65.6 Å². The molecule has 2 unspecified atom stereocenters. The second kappa shape index (κ2) is 8.93. The molecule has 2 aromatic carbocycles. The maximum Gasteiger partial charge on any atom is 0.407 e. The average Bonchev–Trinajstić information content (AvgIpc) is 3.11. The van der Waals surface area contributed by atoms with Gasteiger partial charge in [0.05, 0.1) is 0 Å². The predicted octanol–water partition coefficient (Wildman–Crippen LogP) is 2.96. The van der Waals surface area contributed by atoms with Crippen molar-refractivity contribution in [3.63, 3.8) is 0 Å². The van der Waals surface area contributed by atoms with E-state index in [1.165, 1.54) is 12.3 Å². The highest BCUT2D eigenvalue weighted by atomic mass is 35.5. The smallest absolute Gasteiger partial charge is 0.407 e. The van der Waals surface area contributed by atoms with Crippen LogP contribution in [0.4, 0.5) is 4.79 Å². The third-order valence-electron chi connectivity index (χ3n) is 5.39. The second-order valence-corrected chi connectivity index (χ2v) is 7.74. The van der Waals surface area contributed by atoms with Gasteiger partial charge in [0, 0.05) is 24.2 Å². The van der Waals surface area contributed by atoms with Gasteiger partial charge in [-0.05, 0) is 28.3 Å². The second-order valence-electron chi connectivity index (χ2n) is 7.33. The molecule has 0 saturated heterocycles. The highest BCUT2D eigenvalue weighted by molar-refractivity contribution is 6.30. The van der Waals surface area contributed by atoms with Crippen LogP contribution in [-0.2, 0) is 4.74 Å². The van der Waals surface area contributed by atoms with Gasteiger partial charge in [-0.3, -0.25) is 4.79 Å². The van der Waals surface area contributed by atoms with Crippen LogP contribution in [0.3, 0.4) is 0 Å². The van der Waals surface area contributed by atoms with Crippen LogP contribution in [0.5, 0.6) is 0 Å². The Bertz CT molecular complexity index is 1120. The normalized spacial score (nSPS) is 14.4. The van der Waals surface area contributed by atoms with Crippen molar-refractivity contribution in [2.24, 2.45) is 0 Å². The average molecular weight is 441 g/mol. The van der Waals surface area contributed by atoms with Crippen molar-refractivity contribution in [2.45, 2.75) is 18.1 Å². The van der Waals surface area contributed by atoms with E-state index in [1.54, 1.807) is 0 Å². The molecular formula is C23H21ClN2O5. The third kappa shape index (κ3) is 4.34. The number of pyridine rings is 1. The molecule has 31 heavy (non-hydrogen) atoms. The molecule has 0 fully saturated rings. The Morgan fingerprint density at radius 3 is 2.32 bits per heavy atom. The molecule has 1 aliphatic rings. The lowest BCUT2D eigenvalue weighted by Crippen LogP contribution is -2.36. The largest absolute Gasteiger partial charge is 0.449 e. The highest BCUT2D eigenvalue weighted by Crippen LogP contribution is 2.44. The van der Waals surface area contributed by atoms with Crippen molar-refractivity contribution in [3.8, 4) is 11.1 Å². The van der Waals surface area contributed by atoms with Crippen molar-refractivity contribution in [2.75, 3.05) is 13.2 Å². The van der Waals surface area contributed by atoms with E-state index in [-0.39, 0.29) is 29.7 Å². The molecule has 1 aliphatic carbocycles. The molecule has 2 atom stereocenters. The number of fused-ring (bicyclic) bond motifs is 3. The number of hydrogen-bond acceptors (Lipinski definition) is 5. The number of aliphatic hydroxyl groups is 2. The topological polar surface area (TPSA) is 112 Å². The number of H-pyrrole nitrogens is 1. The number of benzene rings is 2. The van der Waals surface area contributed by atoms with Crippen LogP contribution < -0.4 is 10.9 Å². The van der Waals surface area contributed by atoms with Gasteiger partial charge in [0.2, 0.25) is 0 Å². The lowest BCUT2D eigenvalue weighted by Gasteiger charge is -2.19. The maximum atomic E-state index is 12.2. The number of aromatic amines is 1. The molecule has 0 saturated carbocycles. The monoisotopic (exact) mass is 440 g/mol. The van der Waals surface area contributed by atoms with E-state index in [0.717, 1.165) is 22.3 Å². The summed E-state index contributed by atoms with van der Waals surface area (Å²) in [6.07, 6.45) is -2.10. The van der Waals surface area contributed by atoms with E-state index in [9.17, 15) is 19.8 Å². The molecule has 7 nitrogen and oxygen atoms in total. The van der Waals surface area contributed by atoms with Gasteiger partial charge in [0.25, 0.3) is 5.56 Å². The summed E-state index contributed by atoms with van der Waals surface area (Å²) in [5.74, 6) is -0.0723. The number of rotatable bonds is 6. The number of carbonyl (C=O) groups is 1. The Hall–Kier alpha value is -3.13. The van der Waals surface area contributed by atoms with Crippen LogP contribution in [-0.4, -0.2) is 40.5 Å². The standard InChI is InChI=1S/C23H21ClN2O5/c24-19-9-13(10-25-22(19)29)21(28)20(27)11-26-23(30)31-12-18-16-7-3-1-5-14(16)15-6-2-4-8-17(15)18/h1-10,18,20-21,27-28H,11-12H2,(H,25,29)(H,26,30). The Labute approximate surface area is 183 Å². The Morgan fingerprint density at radius 1 is 1.10 bits per heavy atom. The first kappa shape index (κ1) is 21.1. The minimum Gasteiger partial charge on any atom is -0.449 e. The van der Waals surface area contributed by atoms with Gasteiger partial charge in [-0.1, -0.05) is 60.1 Å².